The Kier molecular flexibility index (Phi) is 19.7. The molecule has 346 valence electrons. The van der Waals surface area contributed by atoms with Crippen molar-refractivity contribution >= 4 is 39.3 Å². The quantitative estimate of drug-likeness (QED) is 0.0587. The van der Waals surface area contributed by atoms with Crippen LogP contribution in [0, 0.1) is 0 Å². The van der Waals surface area contributed by atoms with Crippen LogP contribution < -0.4 is 9.80 Å². The van der Waals surface area contributed by atoms with Gasteiger partial charge in [0.1, 0.15) is 11.6 Å². The highest BCUT2D eigenvalue weighted by Gasteiger charge is 2.18. The molecule has 4 heterocycles. The summed E-state index contributed by atoms with van der Waals surface area (Å²) in [6.07, 6.45) is 7.09. The number of likely N-dealkylation sites (N-methyl/N-ethyl adjacent to an activating group) is 4. The van der Waals surface area contributed by atoms with Gasteiger partial charge in [-0.15, -0.1) is 0 Å². The Morgan fingerprint density at radius 1 is 0.500 bits per heavy atom. The zero-order valence-corrected chi connectivity index (χ0v) is 40.7. The van der Waals surface area contributed by atoms with Crippen LogP contribution in [0.15, 0.2) is 85.5 Å². The molecule has 0 aliphatic rings. The third kappa shape index (κ3) is 13.0. The SMILES string of the molecule is CCN(CC)CCN(CCN(CC)CC)c1ccc(-c2nc3ccncc3n2C)cc1.CCN(CC)CCN(CCN(CC)CC)c1cccc(-c2nc3ccncc3n2C(C)=O)c1. The number of anilines is 2. The first kappa shape index (κ1) is 49.8. The second-order valence-corrected chi connectivity index (χ2v) is 16.2. The van der Waals surface area contributed by atoms with Crippen LogP contribution >= 0.6 is 0 Å². The molecule has 6 rings (SSSR count). The zero-order valence-electron chi connectivity index (χ0n) is 40.7. The molecule has 64 heavy (non-hydrogen) atoms. The lowest BCUT2D eigenvalue weighted by Gasteiger charge is -2.30. The van der Waals surface area contributed by atoms with E-state index >= 15 is 0 Å². The minimum absolute atomic E-state index is 0.0641. The third-order valence-electron chi connectivity index (χ3n) is 12.7. The number of carbonyl (C=O) groups excluding carboxylic acids is 1. The minimum atomic E-state index is -0.0641. The van der Waals surface area contributed by atoms with Crippen LogP contribution in [0.5, 0.6) is 0 Å². The Labute approximate surface area is 383 Å². The molecule has 0 saturated carbocycles. The second-order valence-electron chi connectivity index (χ2n) is 16.2. The van der Waals surface area contributed by atoms with Crippen LogP contribution in [0.3, 0.4) is 0 Å². The predicted octanol–water partition coefficient (Wildman–Crippen LogP) is 8.37. The number of pyridine rings is 2. The van der Waals surface area contributed by atoms with Crippen LogP contribution in [0.4, 0.5) is 11.4 Å². The van der Waals surface area contributed by atoms with Crippen LogP contribution in [-0.2, 0) is 7.05 Å². The second kappa shape index (κ2) is 25.3. The first-order valence-corrected chi connectivity index (χ1v) is 23.8. The molecule has 0 N–H and O–H groups in total. The Balaban J connectivity index is 0.000000241. The molecule has 13 nitrogen and oxygen atoms in total. The number of carbonyl (C=O) groups is 1. The van der Waals surface area contributed by atoms with E-state index in [9.17, 15) is 4.79 Å². The smallest absolute Gasteiger partial charge is 0.229 e. The topological polar surface area (TPSA) is 97.9 Å². The summed E-state index contributed by atoms with van der Waals surface area (Å²) in [6, 6.07) is 21.1. The Morgan fingerprint density at radius 2 is 0.938 bits per heavy atom. The van der Waals surface area contributed by atoms with Gasteiger partial charge in [-0.2, -0.15) is 0 Å². The minimum Gasteiger partial charge on any atom is -0.369 e. The van der Waals surface area contributed by atoms with Gasteiger partial charge in [-0.3, -0.25) is 19.3 Å². The van der Waals surface area contributed by atoms with Gasteiger partial charge in [0, 0.05) is 101 Å². The third-order valence-corrected chi connectivity index (χ3v) is 12.7. The van der Waals surface area contributed by atoms with E-state index in [1.54, 1.807) is 30.1 Å². The summed E-state index contributed by atoms with van der Waals surface area (Å²) < 4.78 is 3.79. The molecule has 0 unspecified atom stereocenters. The van der Waals surface area contributed by atoms with Crippen molar-refractivity contribution in [3.05, 3.63) is 85.5 Å². The van der Waals surface area contributed by atoms with Crippen molar-refractivity contribution in [3.8, 4) is 22.8 Å². The van der Waals surface area contributed by atoms with E-state index in [2.05, 4.69) is 149 Å². The number of nitrogens with zero attached hydrogens (tertiary/aromatic N) is 12. The van der Waals surface area contributed by atoms with Crippen LogP contribution in [-0.4, -0.2) is 159 Å². The van der Waals surface area contributed by atoms with E-state index < -0.39 is 0 Å². The molecule has 0 spiro atoms. The molecule has 0 radical (unpaired) electrons. The fraction of sp³-hybridized carbons (Fsp3) is 0.510. The number of hydrogen-bond acceptors (Lipinski definition) is 11. The van der Waals surface area contributed by atoms with Crippen molar-refractivity contribution in [3.63, 3.8) is 0 Å². The summed E-state index contributed by atoms with van der Waals surface area (Å²) >= 11 is 0. The highest BCUT2D eigenvalue weighted by Crippen LogP contribution is 2.29. The number of imidazole rings is 2. The largest absolute Gasteiger partial charge is 0.369 e. The molecular formula is C51H76N12O. The standard InChI is InChI=1S/C26H38N6O.C25H38N6/c1-6-29(7-2)15-17-31(18-16-30(8-3)9-4)23-12-10-11-22(19-23)26-28-24-13-14-27-20-25(24)32(26)21(5)33;1-6-29(7-2)16-18-31(19-17-30(8-3)9-4)22-12-10-21(11-13-22)25-27-23-14-15-26-20-24(23)28(25)5/h10-14,19-20H,6-9,15-18H2,1-5H3;10-15,20H,6-9,16-19H2,1-5H3. The monoisotopic (exact) mass is 873 g/mol. The molecule has 0 aliphatic carbocycles. The van der Waals surface area contributed by atoms with Gasteiger partial charge in [0.05, 0.1) is 34.5 Å². The molecule has 0 saturated heterocycles. The zero-order chi connectivity index (χ0) is 46.0. The van der Waals surface area contributed by atoms with E-state index in [0.29, 0.717) is 5.82 Å². The average Bonchev–Trinajstić information content (AvgIpc) is 3.90. The van der Waals surface area contributed by atoms with Crippen molar-refractivity contribution in [2.75, 3.05) is 115 Å². The number of aromatic nitrogens is 6. The maximum absolute atomic E-state index is 12.5. The summed E-state index contributed by atoms with van der Waals surface area (Å²) in [5.74, 6) is 1.58. The van der Waals surface area contributed by atoms with Crippen molar-refractivity contribution in [2.45, 2.75) is 62.3 Å². The van der Waals surface area contributed by atoms with Crippen LogP contribution in [0.1, 0.15) is 67.1 Å². The fourth-order valence-corrected chi connectivity index (χ4v) is 8.34. The van der Waals surface area contributed by atoms with E-state index in [0.717, 1.165) is 149 Å². The van der Waals surface area contributed by atoms with E-state index in [-0.39, 0.29) is 5.91 Å². The molecule has 4 aromatic heterocycles. The van der Waals surface area contributed by atoms with Gasteiger partial charge in [-0.1, -0.05) is 67.5 Å². The van der Waals surface area contributed by atoms with E-state index in [1.165, 1.54) is 5.69 Å². The number of hydrogen-bond donors (Lipinski definition) is 0. The first-order valence-electron chi connectivity index (χ1n) is 23.8. The Hall–Kier alpha value is -5.21. The number of aryl methyl sites for hydroxylation is 1. The van der Waals surface area contributed by atoms with Gasteiger partial charge in [-0.25, -0.2) is 9.97 Å². The van der Waals surface area contributed by atoms with Gasteiger partial charge in [0.25, 0.3) is 0 Å². The molecule has 6 aromatic rings. The highest BCUT2D eigenvalue weighted by molar-refractivity contribution is 5.93. The van der Waals surface area contributed by atoms with E-state index in [4.69, 9.17) is 9.97 Å². The summed E-state index contributed by atoms with van der Waals surface area (Å²) in [7, 11) is 2.06. The molecule has 0 atom stereocenters. The predicted molar refractivity (Wildman–Crippen MR) is 269 cm³/mol. The van der Waals surface area contributed by atoms with Crippen LogP contribution in [0.2, 0.25) is 0 Å². The van der Waals surface area contributed by atoms with E-state index in [1.807, 2.05) is 24.4 Å². The Morgan fingerprint density at radius 3 is 1.39 bits per heavy atom. The van der Waals surface area contributed by atoms with Gasteiger partial charge in [0.15, 0.2) is 0 Å². The molecule has 0 bridgehead atoms. The highest BCUT2D eigenvalue weighted by atomic mass is 16.1. The van der Waals surface area contributed by atoms with Crippen LogP contribution in [0.25, 0.3) is 44.8 Å². The molecule has 0 aliphatic heterocycles. The average molecular weight is 873 g/mol. The lowest BCUT2D eigenvalue weighted by Crippen LogP contribution is -2.40. The number of fused-ring (bicyclic) bond motifs is 2. The Bertz CT molecular complexity index is 2250. The van der Waals surface area contributed by atoms with Crippen molar-refractivity contribution < 1.29 is 4.79 Å². The summed E-state index contributed by atoms with van der Waals surface area (Å²) in [5.41, 5.74) is 8.07. The molecule has 0 fully saturated rings. The number of benzene rings is 2. The fourth-order valence-electron chi connectivity index (χ4n) is 8.34. The van der Waals surface area contributed by atoms with Gasteiger partial charge < -0.3 is 34.0 Å². The molecule has 0 amide bonds. The lowest BCUT2D eigenvalue weighted by atomic mass is 10.1. The van der Waals surface area contributed by atoms with Gasteiger partial charge in [-0.05, 0) is 101 Å². The summed E-state index contributed by atoms with van der Waals surface area (Å²) in [5, 5.41) is 0. The number of rotatable bonds is 24. The molecular weight excluding hydrogens is 797 g/mol. The normalized spacial score (nSPS) is 11.7. The van der Waals surface area contributed by atoms with Crippen molar-refractivity contribution in [2.24, 2.45) is 7.05 Å². The van der Waals surface area contributed by atoms with Gasteiger partial charge >= 0.3 is 0 Å². The van der Waals surface area contributed by atoms with Crippen molar-refractivity contribution in [1.29, 1.82) is 0 Å². The molecule has 13 heteroatoms. The summed E-state index contributed by atoms with van der Waals surface area (Å²) in [6.45, 7) is 36.2. The first-order chi connectivity index (χ1) is 31.1. The van der Waals surface area contributed by atoms with Gasteiger partial charge in [0.2, 0.25) is 5.91 Å². The maximum Gasteiger partial charge on any atom is 0.229 e. The molecule has 2 aromatic carbocycles. The lowest BCUT2D eigenvalue weighted by molar-refractivity contribution is 0.0943. The summed E-state index contributed by atoms with van der Waals surface area (Å²) in [4.78, 5) is 45.4. The van der Waals surface area contributed by atoms with Crippen molar-refractivity contribution in [1.82, 2.24) is 48.7 Å². The maximum atomic E-state index is 12.5.